The Balaban J connectivity index is 1.34. The average Bonchev–Trinajstić information content (AvgIpc) is 3.23. The van der Waals surface area contributed by atoms with Crippen LogP contribution in [0.15, 0.2) is 55.5 Å². The molecule has 174 valence electrons. The summed E-state index contributed by atoms with van der Waals surface area (Å²) >= 11 is 0. The molecular formula is C25H33N7O. The third-order valence-corrected chi connectivity index (χ3v) is 6.28. The SMILES string of the molecule is C=CC(=C)N1CCN(CCCCCn2nc(-c3ccc(OC)cc3)c3c(N)ncnc32)CC1. The molecule has 3 aromatic rings. The van der Waals surface area contributed by atoms with E-state index < -0.39 is 0 Å². The van der Waals surface area contributed by atoms with Crippen molar-refractivity contribution in [1.29, 1.82) is 0 Å². The largest absolute Gasteiger partial charge is 0.497 e. The topological polar surface area (TPSA) is 85.3 Å². The fourth-order valence-corrected chi connectivity index (χ4v) is 4.30. The van der Waals surface area contributed by atoms with Gasteiger partial charge in [0.05, 0.1) is 12.5 Å². The van der Waals surface area contributed by atoms with Gasteiger partial charge < -0.3 is 15.4 Å². The minimum atomic E-state index is 0.454. The number of ether oxygens (including phenoxy) is 1. The highest BCUT2D eigenvalue weighted by molar-refractivity contribution is 5.98. The molecule has 0 amide bonds. The smallest absolute Gasteiger partial charge is 0.163 e. The van der Waals surface area contributed by atoms with Crippen LogP contribution in [0.2, 0.25) is 0 Å². The maximum absolute atomic E-state index is 6.21. The van der Waals surface area contributed by atoms with Gasteiger partial charge in [0.15, 0.2) is 5.65 Å². The van der Waals surface area contributed by atoms with E-state index in [1.54, 1.807) is 7.11 Å². The van der Waals surface area contributed by atoms with Gasteiger partial charge in [0, 0.05) is 44.0 Å². The van der Waals surface area contributed by atoms with Gasteiger partial charge in [-0.2, -0.15) is 5.10 Å². The van der Waals surface area contributed by atoms with Gasteiger partial charge in [-0.1, -0.05) is 19.6 Å². The van der Waals surface area contributed by atoms with Gasteiger partial charge in [0.2, 0.25) is 0 Å². The van der Waals surface area contributed by atoms with Crippen LogP contribution in [0.1, 0.15) is 19.3 Å². The van der Waals surface area contributed by atoms with Crippen LogP contribution in [0.4, 0.5) is 5.82 Å². The Kier molecular flexibility index (Phi) is 7.24. The first kappa shape index (κ1) is 22.8. The molecule has 1 saturated heterocycles. The fraction of sp³-hybridized carbons (Fsp3) is 0.400. The number of rotatable bonds is 10. The molecule has 2 N–H and O–H groups in total. The normalized spacial score (nSPS) is 14.5. The second-order valence-electron chi connectivity index (χ2n) is 8.34. The van der Waals surface area contributed by atoms with Gasteiger partial charge in [-0.15, -0.1) is 0 Å². The lowest BCUT2D eigenvalue weighted by molar-refractivity contribution is 0.160. The minimum absolute atomic E-state index is 0.454. The number of piperazine rings is 1. The Hall–Kier alpha value is -3.39. The van der Waals surface area contributed by atoms with Gasteiger partial charge >= 0.3 is 0 Å². The molecule has 0 atom stereocenters. The number of aryl methyl sites for hydroxylation is 1. The summed E-state index contributed by atoms with van der Waals surface area (Å²) < 4.78 is 7.24. The van der Waals surface area contributed by atoms with Crippen molar-refractivity contribution >= 4 is 16.9 Å². The summed E-state index contributed by atoms with van der Waals surface area (Å²) in [6.07, 6.45) is 6.70. The lowest BCUT2D eigenvalue weighted by atomic mass is 10.1. The Bertz CT molecular complexity index is 1100. The standard InChI is InChI=1S/C25H33N7O/c1-4-19(2)31-16-14-30(15-17-31)12-6-5-7-13-32-25-22(24(26)27-18-28-25)23(29-32)20-8-10-21(33-3)11-9-20/h4,8-11,18H,1-2,5-7,12-17H2,3H3,(H2,26,27,28). The summed E-state index contributed by atoms with van der Waals surface area (Å²) in [7, 11) is 1.66. The highest BCUT2D eigenvalue weighted by Crippen LogP contribution is 2.31. The molecule has 1 aliphatic rings. The third-order valence-electron chi connectivity index (χ3n) is 6.28. The molecule has 1 fully saturated rings. The highest BCUT2D eigenvalue weighted by atomic mass is 16.5. The maximum Gasteiger partial charge on any atom is 0.163 e. The fourth-order valence-electron chi connectivity index (χ4n) is 4.30. The van der Waals surface area contributed by atoms with Crippen LogP contribution in [-0.4, -0.2) is 69.4 Å². The third kappa shape index (κ3) is 5.17. The predicted octanol–water partition coefficient (Wildman–Crippen LogP) is 3.57. The zero-order valence-corrected chi connectivity index (χ0v) is 19.4. The lowest BCUT2D eigenvalue weighted by Gasteiger charge is -2.36. The number of allylic oxidation sites excluding steroid dienone is 1. The van der Waals surface area contributed by atoms with Crippen LogP contribution in [-0.2, 0) is 6.54 Å². The van der Waals surface area contributed by atoms with Crippen molar-refractivity contribution in [3.05, 3.63) is 55.5 Å². The molecule has 0 saturated carbocycles. The highest BCUT2D eigenvalue weighted by Gasteiger charge is 2.18. The van der Waals surface area contributed by atoms with E-state index in [-0.39, 0.29) is 0 Å². The molecule has 1 aliphatic heterocycles. The molecule has 0 aliphatic carbocycles. The van der Waals surface area contributed by atoms with E-state index in [4.69, 9.17) is 15.6 Å². The van der Waals surface area contributed by atoms with E-state index in [2.05, 4.69) is 32.9 Å². The van der Waals surface area contributed by atoms with Crippen molar-refractivity contribution in [1.82, 2.24) is 29.5 Å². The average molecular weight is 448 g/mol. The molecule has 1 aromatic carbocycles. The molecule has 8 nitrogen and oxygen atoms in total. The molecule has 4 rings (SSSR count). The number of aromatic nitrogens is 4. The van der Waals surface area contributed by atoms with Crippen LogP contribution in [0.5, 0.6) is 5.75 Å². The van der Waals surface area contributed by atoms with Gasteiger partial charge in [-0.25, -0.2) is 14.6 Å². The monoisotopic (exact) mass is 447 g/mol. The molecule has 0 bridgehead atoms. The van der Waals surface area contributed by atoms with Crippen molar-refractivity contribution < 1.29 is 4.74 Å². The predicted molar refractivity (Wildman–Crippen MR) is 133 cm³/mol. The molecule has 0 unspecified atom stereocenters. The van der Waals surface area contributed by atoms with E-state index in [1.807, 2.05) is 35.0 Å². The van der Waals surface area contributed by atoms with E-state index in [1.165, 1.54) is 12.7 Å². The Labute approximate surface area is 195 Å². The first-order chi connectivity index (χ1) is 16.1. The van der Waals surface area contributed by atoms with Crippen molar-refractivity contribution in [2.24, 2.45) is 0 Å². The van der Waals surface area contributed by atoms with Gasteiger partial charge in [-0.3, -0.25) is 4.90 Å². The Morgan fingerprint density at radius 1 is 1.06 bits per heavy atom. The van der Waals surface area contributed by atoms with Crippen LogP contribution >= 0.6 is 0 Å². The molecule has 0 spiro atoms. The summed E-state index contributed by atoms with van der Waals surface area (Å²) in [4.78, 5) is 13.5. The van der Waals surface area contributed by atoms with Crippen LogP contribution in [0.25, 0.3) is 22.3 Å². The number of benzene rings is 1. The molecule has 33 heavy (non-hydrogen) atoms. The number of hydrogen-bond acceptors (Lipinski definition) is 7. The van der Waals surface area contributed by atoms with Gasteiger partial charge in [0.1, 0.15) is 23.6 Å². The van der Waals surface area contributed by atoms with E-state index in [9.17, 15) is 0 Å². The van der Waals surface area contributed by atoms with Crippen molar-refractivity contribution in [2.45, 2.75) is 25.8 Å². The van der Waals surface area contributed by atoms with Crippen LogP contribution in [0.3, 0.4) is 0 Å². The number of fused-ring (bicyclic) bond motifs is 1. The molecule has 2 aromatic heterocycles. The quantitative estimate of drug-likeness (QED) is 0.376. The van der Waals surface area contributed by atoms with Gasteiger partial charge in [-0.05, 0) is 49.7 Å². The van der Waals surface area contributed by atoms with E-state index >= 15 is 0 Å². The second-order valence-corrected chi connectivity index (χ2v) is 8.34. The van der Waals surface area contributed by atoms with E-state index in [0.29, 0.717) is 5.82 Å². The summed E-state index contributed by atoms with van der Waals surface area (Å²) in [5.74, 6) is 1.26. The Morgan fingerprint density at radius 3 is 2.48 bits per heavy atom. The molecular weight excluding hydrogens is 414 g/mol. The zero-order valence-electron chi connectivity index (χ0n) is 19.4. The summed E-state index contributed by atoms with van der Waals surface area (Å²) in [5.41, 5.74) is 9.80. The first-order valence-corrected chi connectivity index (χ1v) is 11.5. The number of nitrogen functional groups attached to an aromatic ring is 1. The van der Waals surface area contributed by atoms with Crippen molar-refractivity contribution in [3.63, 3.8) is 0 Å². The van der Waals surface area contributed by atoms with Crippen LogP contribution < -0.4 is 10.5 Å². The second kappa shape index (κ2) is 10.5. The number of unbranched alkanes of at least 4 members (excludes halogenated alkanes) is 2. The number of nitrogens with zero attached hydrogens (tertiary/aromatic N) is 6. The minimum Gasteiger partial charge on any atom is -0.497 e. The van der Waals surface area contributed by atoms with E-state index in [0.717, 1.165) is 85.8 Å². The number of hydrogen-bond donors (Lipinski definition) is 1. The van der Waals surface area contributed by atoms with Gasteiger partial charge in [0.25, 0.3) is 0 Å². The van der Waals surface area contributed by atoms with Crippen molar-refractivity contribution in [3.8, 4) is 17.0 Å². The van der Waals surface area contributed by atoms with Crippen LogP contribution in [0, 0.1) is 0 Å². The molecule has 8 heteroatoms. The maximum atomic E-state index is 6.21. The first-order valence-electron chi connectivity index (χ1n) is 11.5. The summed E-state index contributed by atoms with van der Waals surface area (Å²) in [5, 5.41) is 5.66. The number of anilines is 1. The Morgan fingerprint density at radius 2 is 1.79 bits per heavy atom. The summed E-state index contributed by atoms with van der Waals surface area (Å²) in [6.45, 7) is 14.0. The molecule has 0 radical (unpaired) electrons. The summed E-state index contributed by atoms with van der Waals surface area (Å²) in [6, 6.07) is 7.82. The zero-order chi connectivity index (χ0) is 23.2. The molecule has 3 heterocycles. The number of nitrogens with two attached hydrogens (primary N) is 1. The lowest BCUT2D eigenvalue weighted by Crippen LogP contribution is -2.45. The number of methoxy groups -OCH3 is 1. The van der Waals surface area contributed by atoms with Crippen molar-refractivity contribution in [2.75, 3.05) is 45.6 Å².